The van der Waals surface area contributed by atoms with Crippen LogP contribution in [-0.4, -0.2) is 23.6 Å². The zero-order valence-corrected chi connectivity index (χ0v) is 21.9. The van der Waals surface area contributed by atoms with Crippen molar-refractivity contribution in [1.29, 1.82) is 0 Å². The summed E-state index contributed by atoms with van der Waals surface area (Å²) in [7, 11) is 0. The second kappa shape index (κ2) is 12.0. The number of aryl methyl sites for hydroxylation is 4. The molecule has 1 aromatic heterocycles. The summed E-state index contributed by atoms with van der Waals surface area (Å²) in [5, 5.41) is 0. The fourth-order valence-electron chi connectivity index (χ4n) is 4.35. The molecule has 0 saturated heterocycles. The summed E-state index contributed by atoms with van der Waals surface area (Å²) in [6.45, 7) is 13.4. The minimum atomic E-state index is -0.416. The lowest BCUT2D eigenvalue weighted by atomic mass is 9.94. The van der Waals surface area contributed by atoms with Gasteiger partial charge >= 0.3 is 0 Å². The van der Waals surface area contributed by atoms with E-state index >= 15 is 0 Å². The Morgan fingerprint density at radius 3 is 2.29 bits per heavy atom. The van der Waals surface area contributed by atoms with Gasteiger partial charge in [0.2, 0.25) is 5.91 Å². The van der Waals surface area contributed by atoms with E-state index in [0.717, 1.165) is 46.7 Å². The smallest absolute Gasteiger partial charge is 0.248 e. The predicted molar refractivity (Wildman–Crippen MR) is 142 cm³/mol. The number of nitrogens with two attached hydrogens (primary N) is 1. The molecule has 0 aliphatic heterocycles. The molecule has 3 rings (SSSR count). The van der Waals surface area contributed by atoms with Gasteiger partial charge in [0.05, 0.1) is 25.0 Å². The Morgan fingerprint density at radius 1 is 1.00 bits per heavy atom. The van der Waals surface area contributed by atoms with Crippen LogP contribution < -0.4 is 10.5 Å². The van der Waals surface area contributed by atoms with E-state index in [4.69, 9.17) is 20.2 Å². The predicted octanol–water partition coefficient (Wildman–Crippen LogP) is 6.14. The molecule has 1 heterocycles. The maximum atomic E-state index is 11.5. The molecule has 186 valence electrons. The Kier molecular flexibility index (Phi) is 9.05. The molecule has 0 spiro atoms. The minimum Gasteiger partial charge on any atom is -0.490 e. The number of pyridine rings is 1. The molecular formula is C30H38N2O3. The van der Waals surface area contributed by atoms with Crippen molar-refractivity contribution in [1.82, 2.24) is 4.98 Å². The van der Waals surface area contributed by atoms with Crippen LogP contribution in [0, 0.1) is 13.8 Å². The van der Waals surface area contributed by atoms with Gasteiger partial charge in [-0.25, -0.2) is 0 Å². The highest BCUT2D eigenvalue weighted by Gasteiger charge is 2.17. The summed E-state index contributed by atoms with van der Waals surface area (Å²) in [6, 6.07) is 14.1. The van der Waals surface area contributed by atoms with Crippen molar-refractivity contribution < 1.29 is 14.3 Å². The fourth-order valence-corrected chi connectivity index (χ4v) is 4.35. The number of ether oxygens (including phenoxy) is 2. The molecule has 2 N–H and O–H groups in total. The Bertz CT molecular complexity index is 1160. The van der Waals surface area contributed by atoms with Crippen LogP contribution in [0.4, 0.5) is 0 Å². The highest BCUT2D eigenvalue weighted by molar-refractivity contribution is 5.93. The van der Waals surface area contributed by atoms with Gasteiger partial charge in [-0.1, -0.05) is 38.1 Å². The SMILES string of the molecule is CCc1cccc(CC)c1-c1cc(OC(C)C)c(COCCc2cc(C(N)=O)ccc2C)c(C)n1. The molecule has 5 heteroatoms. The first-order chi connectivity index (χ1) is 16.7. The summed E-state index contributed by atoms with van der Waals surface area (Å²) in [5.41, 5.74) is 14.8. The van der Waals surface area contributed by atoms with Gasteiger partial charge in [-0.05, 0) is 81.3 Å². The Labute approximate surface area is 209 Å². The van der Waals surface area contributed by atoms with E-state index in [9.17, 15) is 4.79 Å². The van der Waals surface area contributed by atoms with Crippen molar-refractivity contribution in [3.63, 3.8) is 0 Å². The minimum absolute atomic E-state index is 0.0367. The van der Waals surface area contributed by atoms with Crippen LogP contribution >= 0.6 is 0 Å². The first-order valence-electron chi connectivity index (χ1n) is 12.5. The zero-order chi connectivity index (χ0) is 25.5. The van der Waals surface area contributed by atoms with Crippen molar-refractivity contribution in [2.45, 2.75) is 73.5 Å². The van der Waals surface area contributed by atoms with E-state index in [1.54, 1.807) is 6.07 Å². The number of carbonyl (C=O) groups is 1. The third-order valence-electron chi connectivity index (χ3n) is 6.30. The Balaban J connectivity index is 1.85. The molecule has 3 aromatic rings. The summed E-state index contributed by atoms with van der Waals surface area (Å²) < 4.78 is 12.3. The maximum absolute atomic E-state index is 11.5. The van der Waals surface area contributed by atoms with Crippen LogP contribution in [0.3, 0.4) is 0 Å². The number of nitrogens with zero attached hydrogens (tertiary/aromatic N) is 1. The van der Waals surface area contributed by atoms with E-state index in [1.165, 1.54) is 16.7 Å². The van der Waals surface area contributed by atoms with Crippen molar-refractivity contribution in [3.8, 4) is 17.0 Å². The molecule has 1 amide bonds. The number of hydrogen-bond acceptors (Lipinski definition) is 4. The maximum Gasteiger partial charge on any atom is 0.248 e. The highest BCUT2D eigenvalue weighted by Crippen LogP contribution is 2.33. The van der Waals surface area contributed by atoms with Gasteiger partial charge in [0, 0.05) is 28.5 Å². The monoisotopic (exact) mass is 474 g/mol. The average Bonchev–Trinajstić information content (AvgIpc) is 2.82. The van der Waals surface area contributed by atoms with Crippen LogP contribution in [-0.2, 0) is 30.6 Å². The highest BCUT2D eigenvalue weighted by atomic mass is 16.5. The fraction of sp³-hybridized carbons (Fsp3) is 0.400. The quantitative estimate of drug-likeness (QED) is 0.339. The number of hydrogen-bond donors (Lipinski definition) is 1. The lowest BCUT2D eigenvalue weighted by Crippen LogP contribution is -2.12. The van der Waals surface area contributed by atoms with Crippen molar-refractivity contribution in [2.75, 3.05) is 6.61 Å². The number of primary amides is 1. The molecular weight excluding hydrogens is 436 g/mol. The van der Waals surface area contributed by atoms with Crippen LogP contribution in [0.15, 0.2) is 42.5 Å². The van der Waals surface area contributed by atoms with E-state index in [-0.39, 0.29) is 6.10 Å². The lowest BCUT2D eigenvalue weighted by Gasteiger charge is -2.20. The van der Waals surface area contributed by atoms with Gasteiger partial charge in [-0.2, -0.15) is 0 Å². The first kappa shape index (κ1) is 26.4. The Hall–Kier alpha value is -3.18. The largest absolute Gasteiger partial charge is 0.490 e. The molecule has 0 fully saturated rings. The van der Waals surface area contributed by atoms with Crippen LogP contribution in [0.5, 0.6) is 5.75 Å². The van der Waals surface area contributed by atoms with E-state index < -0.39 is 5.91 Å². The summed E-state index contributed by atoms with van der Waals surface area (Å²) >= 11 is 0. The number of rotatable bonds is 11. The molecule has 0 aliphatic carbocycles. The van der Waals surface area contributed by atoms with Gasteiger partial charge in [0.15, 0.2) is 0 Å². The number of amides is 1. The first-order valence-corrected chi connectivity index (χ1v) is 12.5. The number of carbonyl (C=O) groups excluding carboxylic acids is 1. The molecule has 2 aromatic carbocycles. The molecule has 0 aliphatic rings. The number of aromatic nitrogens is 1. The summed E-state index contributed by atoms with van der Waals surface area (Å²) in [5.74, 6) is 0.405. The summed E-state index contributed by atoms with van der Waals surface area (Å²) in [4.78, 5) is 16.5. The average molecular weight is 475 g/mol. The third kappa shape index (κ3) is 6.49. The van der Waals surface area contributed by atoms with Crippen molar-refractivity contribution in [2.24, 2.45) is 5.73 Å². The van der Waals surface area contributed by atoms with E-state index in [2.05, 4.69) is 38.1 Å². The van der Waals surface area contributed by atoms with Gasteiger partial charge in [0.25, 0.3) is 0 Å². The molecule has 35 heavy (non-hydrogen) atoms. The number of benzene rings is 2. The molecule has 0 saturated carbocycles. The van der Waals surface area contributed by atoms with E-state index in [0.29, 0.717) is 25.2 Å². The summed E-state index contributed by atoms with van der Waals surface area (Å²) in [6.07, 6.45) is 2.63. The van der Waals surface area contributed by atoms with Crippen LogP contribution in [0.25, 0.3) is 11.3 Å². The third-order valence-corrected chi connectivity index (χ3v) is 6.30. The second-order valence-electron chi connectivity index (χ2n) is 9.20. The van der Waals surface area contributed by atoms with E-state index in [1.807, 2.05) is 39.8 Å². The topological polar surface area (TPSA) is 74.4 Å². The molecule has 5 nitrogen and oxygen atoms in total. The van der Waals surface area contributed by atoms with Crippen LogP contribution in [0.2, 0.25) is 0 Å². The van der Waals surface area contributed by atoms with Gasteiger partial charge in [0.1, 0.15) is 5.75 Å². The second-order valence-corrected chi connectivity index (χ2v) is 9.20. The van der Waals surface area contributed by atoms with Crippen molar-refractivity contribution >= 4 is 5.91 Å². The van der Waals surface area contributed by atoms with Gasteiger partial charge in [-0.15, -0.1) is 0 Å². The van der Waals surface area contributed by atoms with Gasteiger partial charge in [-0.3, -0.25) is 9.78 Å². The Morgan fingerprint density at radius 2 is 1.69 bits per heavy atom. The van der Waals surface area contributed by atoms with Crippen molar-refractivity contribution in [3.05, 3.63) is 81.5 Å². The zero-order valence-electron chi connectivity index (χ0n) is 21.9. The lowest BCUT2D eigenvalue weighted by molar-refractivity contribution is 0.0999. The van der Waals surface area contributed by atoms with Crippen LogP contribution in [0.1, 0.15) is 71.6 Å². The molecule has 0 unspecified atom stereocenters. The standard InChI is InChI=1S/C30H38N2O3/c1-7-22-10-9-11-23(8-2)29(22)27-17-28(35-19(3)4)26(21(6)32-27)18-34-15-14-24-16-25(30(31)33)13-12-20(24)5/h9-13,16-17,19H,7-8,14-15,18H2,1-6H3,(H2,31,33). The van der Waals surface area contributed by atoms with Gasteiger partial charge < -0.3 is 15.2 Å². The molecule has 0 atom stereocenters. The normalized spacial score (nSPS) is 11.2. The molecule has 0 bridgehead atoms. The molecule has 0 radical (unpaired) electrons.